The van der Waals surface area contributed by atoms with Crippen LogP contribution in [0.3, 0.4) is 0 Å². The molecule has 1 heterocycles. The number of benzene rings is 2. The highest BCUT2D eigenvalue weighted by molar-refractivity contribution is 5.76. The summed E-state index contributed by atoms with van der Waals surface area (Å²) >= 11 is 0. The predicted molar refractivity (Wildman–Crippen MR) is 109 cm³/mol. The lowest BCUT2D eigenvalue weighted by atomic mass is 9.78. The van der Waals surface area contributed by atoms with Gasteiger partial charge in [-0.1, -0.05) is 53.7 Å². The minimum Gasteiger partial charge on any atom is -0.507 e. The zero-order chi connectivity index (χ0) is 19.4. The number of para-hydroxylation sites is 2. The second kappa shape index (κ2) is 5.87. The van der Waals surface area contributed by atoms with Crippen LogP contribution in [-0.2, 0) is 24.9 Å². The molecule has 0 spiro atoms. The molecule has 0 radical (unpaired) electrons. The summed E-state index contributed by atoms with van der Waals surface area (Å²) in [6.45, 7) is 12.9. The normalized spacial score (nSPS) is 12.8. The summed E-state index contributed by atoms with van der Waals surface area (Å²) in [7, 11) is 4.22. The Labute approximate surface area is 156 Å². The van der Waals surface area contributed by atoms with Crippen LogP contribution in [0.4, 0.5) is 0 Å². The highest BCUT2D eigenvalue weighted by Crippen LogP contribution is 2.41. The summed E-state index contributed by atoms with van der Waals surface area (Å²) in [5, 5.41) is 11.0. The smallest absolute Gasteiger partial charge is 0.289 e. The molecule has 0 aliphatic heterocycles. The number of aryl methyl sites for hydroxylation is 2. The number of phenols is 1. The van der Waals surface area contributed by atoms with Gasteiger partial charge < -0.3 is 5.11 Å². The fourth-order valence-corrected chi connectivity index (χ4v) is 3.78. The number of aromatic hydroxyl groups is 1. The van der Waals surface area contributed by atoms with Gasteiger partial charge in [-0.3, -0.25) is 0 Å². The number of phenolic OH excluding ortho intramolecular Hbond substituents is 1. The van der Waals surface area contributed by atoms with Gasteiger partial charge in [0.25, 0.3) is 5.82 Å². The fraction of sp³-hybridized carbons (Fsp3) is 0.435. The van der Waals surface area contributed by atoms with E-state index in [-0.39, 0.29) is 10.8 Å². The largest absolute Gasteiger partial charge is 0.507 e. The highest BCUT2D eigenvalue weighted by atomic mass is 16.3. The van der Waals surface area contributed by atoms with Crippen molar-refractivity contribution in [2.24, 2.45) is 14.1 Å². The number of aromatic nitrogens is 2. The van der Waals surface area contributed by atoms with Gasteiger partial charge >= 0.3 is 0 Å². The van der Waals surface area contributed by atoms with Crippen molar-refractivity contribution < 1.29 is 9.67 Å². The molecular weight excluding hydrogens is 320 g/mol. The second-order valence-corrected chi connectivity index (χ2v) is 9.35. The Balaban J connectivity index is 2.40. The Morgan fingerprint density at radius 3 is 1.85 bits per heavy atom. The van der Waals surface area contributed by atoms with Crippen molar-refractivity contribution in [3.63, 3.8) is 0 Å². The van der Waals surface area contributed by atoms with E-state index in [1.807, 2.05) is 0 Å². The van der Waals surface area contributed by atoms with E-state index in [0.717, 1.165) is 22.5 Å². The minimum atomic E-state index is -0.136. The van der Waals surface area contributed by atoms with Crippen molar-refractivity contribution in [1.82, 2.24) is 4.57 Å². The number of hydrogen-bond acceptors (Lipinski definition) is 1. The van der Waals surface area contributed by atoms with Gasteiger partial charge in [0.1, 0.15) is 5.75 Å². The van der Waals surface area contributed by atoms with Crippen molar-refractivity contribution in [3.8, 4) is 17.1 Å². The Morgan fingerprint density at radius 1 is 0.885 bits per heavy atom. The van der Waals surface area contributed by atoms with Gasteiger partial charge in [0.15, 0.2) is 11.0 Å². The lowest BCUT2D eigenvalue weighted by Crippen LogP contribution is -2.30. The van der Waals surface area contributed by atoms with Crippen LogP contribution in [0.25, 0.3) is 22.4 Å². The number of fused-ring (bicyclic) bond motifs is 1. The summed E-state index contributed by atoms with van der Waals surface area (Å²) in [5.41, 5.74) is 5.25. The van der Waals surface area contributed by atoms with Crippen LogP contribution in [0.5, 0.6) is 5.75 Å². The topological polar surface area (TPSA) is 29.0 Å². The predicted octanol–water partition coefficient (Wildman–Crippen LogP) is 4.97. The van der Waals surface area contributed by atoms with Gasteiger partial charge in [0, 0.05) is 11.1 Å². The maximum atomic E-state index is 11.0. The van der Waals surface area contributed by atoms with Crippen molar-refractivity contribution in [3.05, 3.63) is 47.5 Å². The zero-order valence-electron chi connectivity index (χ0n) is 17.3. The maximum Gasteiger partial charge on any atom is 0.289 e. The first kappa shape index (κ1) is 18.5. The molecule has 2 aromatic carbocycles. The van der Waals surface area contributed by atoms with E-state index >= 15 is 0 Å². The third-order valence-electron chi connectivity index (χ3n) is 5.22. The Morgan fingerprint density at radius 2 is 1.38 bits per heavy atom. The van der Waals surface area contributed by atoms with Crippen LogP contribution in [0, 0.1) is 0 Å². The van der Waals surface area contributed by atoms with E-state index in [4.69, 9.17) is 0 Å². The molecule has 3 rings (SSSR count). The SMILES string of the molecule is Cn1c(-c2cc(C(C)(C)C)c(O)c(C(C)(C)C)c2)[n+](C)c2ccccc21. The van der Waals surface area contributed by atoms with Crippen LogP contribution in [0.2, 0.25) is 0 Å². The number of rotatable bonds is 1. The molecule has 0 aliphatic rings. The van der Waals surface area contributed by atoms with E-state index in [1.165, 1.54) is 11.0 Å². The van der Waals surface area contributed by atoms with Crippen LogP contribution < -0.4 is 4.57 Å². The van der Waals surface area contributed by atoms with Crippen LogP contribution >= 0.6 is 0 Å². The molecule has 0 aliphatic carbocycles. The van der Waals surface area contributed by atoms with E-state index in [9.17, 15) is 5.11 Å². The van der Waals surface area contributed by atoms with Crippen LogP contribution in [-0.4, -0.2) is 9.67 Å². The molecule has 0 saturated carbocycles. The van der Waals surface area contributed by atoms with Crippen molar-refractivity contribution in [2.75, 3.05) is 0 Å². The quantitative estimate of drug-likeness (QED) is 0.616. The van der Waals surface area contributed by atoms with Gasteiger partial charge in [0.2, 0.25) is 0 Å². The average Bonchev–Trinajstić information content (AvgIpc) is 2.78. The summed E-state index contributed by atoms with van der Waals surface area (Å²) in [6.07, 6.45) is 0. The maximum absolute atomic E-state index is 11.0. The molecule has 138 valence electrons. The van der Waals surface area contributed by atoms with Crippen molar-refractivity contribution in [2.45, 2.75) is 52.4 Å². The molecule has 0 atom stereocenters. The molecule has 3 heteroatoms. The molecule has 0 fully saturated rings. The molecule has 0 bridgehead atoms. The first-order valence-corrected chi connectivity index (χ1v) is 9.24. The van der Waals surface area contributed by atoms with Crippen molar-refractivity contribution >= 4 is 11.0 Å². The summed E-state index contributed by atoms with van der Waals surface area (Å²) < 4.78 is 4.47. The molecule has 0 unspecified atom stereocenters. The fourth-order valence-electron chi connectivity index (χ4n) is 3.78. The Bertz CT molecular complexity index is 908. The first-order chi connectivity index (χ1) is 11.9. The third kappa shape index (κ3) is 2.90. The molecule has 1 N–H and O–H groups in total. The van der Waals surface area contributed by atoms with E-state index in [0.29, 0.717) is 5.75 Å². The van der Waals surface area contributed by atoms with Gasteiger partial charge in [-0.2, -0.15) is 0 Å². The van der Waals surface area contributed by atoms with Gasteiger partial charge in [0.05, 0.1) is 19.7 Å². The molecule has 1 aromatic heterocycles. The van der Waals surface area contributed by atoms with E-state index in [2.05, 4.69) is 101 Å². The van der Waals surface area contributed by atoms with E-state index in [1.54, 1.807) is 0 Å². The first-order valence-electron chi connectivity index (χ1n) is 9.24. The molecule has 0 saturated heterocycles. The number of nitrogens with zero attached hydrogens (tertiary/aromatic N) is 2. The second-order valence-electron chi connectivity index (χ2n) is 9.35. The summed E-state index contributed by atoms with van der Waals surface area (Å²) in [5.74, 6) is 1.57. The summed E-state index contributed by atoms with van der Waals surface area (Å²) in [4.78, 5) is 0. The highest BCUT2D eigenvalue weighted by Gasteiger charge is 2.30. The molecule has 26 heavy (non-hydrogen) atoms. The molecule has 3 aromatic rings. The minimum absolute atomic E-state index is 0.136. The Hall–Kier alpha value is -2.29. The standard InChI is InChI=1S/C23H30N2O/c1-22(2,3)16-13-15(14-17(20(16)26)23(4,5)6)21-24(7)18-11-9-10-12-19(18)25(21)8/h9-14H,1-8H3/p+1. The molecule has 3 nitrogen and oxygen atoms in total. The number of hydrogen-bond donors (Lipinski definition) is 1. The monoisotopic (exact) mass is 351 g/mol. The van der Waals surface area contributed by atoms with Gasteiger partial charge in [-0.15, -0.1) is 0 Å². The lowest BCUT2D eigenvalue weighted by Gasteiger charge is -2.27. The Kier molecular flexibility index (Phi) is 4.18. The van der Waals surface area contributed by atoms with Crippen LogP contribution in [0.15, 0.2) is 36.4 Å². The lowest BCUT2D eigenvalue weighted by molar-refractivity contribution is -0.634. The number of imidazole rings is 1. The van der Waals surface area contributed by atoms with Crippen molar-refractivity contribution in [1.29, 1.82) is 0 Å². The third-order valence-corrected chi connectivity index (χ3v) is 5.22. The van der Waals surface area contributed by atoms with Gasteiger partial charge in [-0.25, -0.2) is 9.13 Å². The van der Waals surface area contributed by atoms with Crippen LogP contribution in [0.1, 0.15) is 52.7 Å². The molecular formula is C23H31N2O+. The summed E-state index contributed by atoms with van der Waals surface area (Å²) in [6, 6.07) is 12.7. The van der Waals surface area contributed by atoms with E-state index < -0.39 is 0 Å². The average molecular weight is 352 g/mol. The molecule has 0 amide bonds. The van der Waals surface area contributed by atoms with Gasteiger partial charge in [-0.05, 0) is 35.1 Å². The zero-order valence-corrected chi connectivity index (χ0v) is 17.3.